The van der Waals surface area contributed by atoms with Crippen LogP contribution in [0.15, 0.2) is 12.2 Å². The highest BCUT2D eigenvalue weighted by Gasteiger charge is 2.24. The topological polar surface area (TPSA) is 95.9 Å². The van der Waals surface area contributed by atoms with Gasteiger partial charge in [-0.25, -0.2) is 0 Å². The Labute approximate surface area is 355 Å². The van der Waals surface area contributed by atoms with E-state index in [2.05, 4.69) is 38.2 Å². The van der Waals surface area contributed by atoms with Crippen molar-refractivity contribution in [3.63, 3.8) is 0 Å². The van der Waals surface area contributed by atoms with E-state index in [9.17, 15) is 19.8 Å². The molecule has 6 heteroatoms. The highest BCUT2D eigenvalue weighted by molar-refractivity contribution is 5.77. The lowest BCUT2D eigenvalue weighted by Gasteiger charge is -2.24. The largest absolute Gasteiger partial charge is 0.462 e. The number of carbonyl (C=O) groups excluding carboxylic acids is 2. The van der Waals surface area contributed by atoms with Gasteiger partial charge in [-0.05, 0) is 51.4 Å². The van der Waals surface area contributed by atoms with Crippen molar-refractivity contribution in [1.29, 1.82) is 0 Å². The van der Waals surface area contributed by atoms with Crippen molar-refractivity contribution in [2.24, 2.45) is 0 Å². The predicted molar refractivity (Wildman–Crippen MR) is 246 cm³/mol. The third-order valence-electron chi connectivity index (χ3n) is 11.8. The number of nitrogens with one attached hydrogen (secondary N) is 1. The molecule has 338 valence electrons. The van der Waals surface area contributed by atoms with E-state index in [-0.39, 0.29) is 24.9 Å². The molecule has 0 bridgehead atoms. The Bertz CT molecular complexity index is 863. The predicted octanol–water partition coefficient (Wildman–Crippen LogP) is 15.0. The number of allylic oxidation sites excluding steroid dienone is 2. The standard InChI is InChI=1S/C51H99NO5/c1-4-7-10-13-16-19-21-23-24-25-26-27-29-32-35-38-41-44-51(56)57-47(42-39-36-33-30-18-15-12-9-6-3)45-50(55)52-48(46-53)49(54)43-40-37-34-31-28-22-20-17-14-11-8-5-2/h23-24,47-49,53-54H,4-22,25-46H2,1-3H3,(H,52,55)/b24-23+. The molecule has 0 spiro atoms. The molecule has 3 atom stereocenters. The van der Waals surface area contributed by atoms with Crippen LogP contribution in [0.1, 0.15) is 278 Å². The lowest BCUT2D eigenvalue weighted by Crippen LogP contribution is -2.46. The van der Waals surface area contributed by atoms with Crippen LogP contribution in [0.3, 0.4) is 0 Å². The van der Waals surface area contributed by atoms with Gasteiger partial charge in [0.25, 0.3) is 0 Å². The minimum Gasteiger partial charge on any atom is -0.462 e. The molecular weight excluding hydrogens is 707 g/mol. The summed E-state index contributed by atoms with van der Waals surface area (Å²) in [6, 6.07) is -0.694. The molecular formula is C51H99NO5. The fourth-order valence-corrected chi connectivity index (χ4v) is 7.96. The van der Waals surface area contributed by atoms with Crippen LogP contribution in [0.2, 0.25) is 0 Å². The van der Waals surface area contributed by atoms with Crippen molar-refractivity contribution in [2.75, 3.05) is 6.61 Å². The number of carbonyl (C=O) groups is 2. The van der Waals surface area contributed by atoms with Crippen LogP contribution in [0, 0.1) is 0 Å². The number of aliphatic hydroxyl groups excluding tert-OH is 2. The zero-order valence-electron chi connectivity index (χ0n) is 38.5. The number of esters is 1. The number of rotatable bonds is 46. The SMILES string of the molecule is CCCCCCCC/C=C/CCCCCCCCCC(=O)OC(CCCCCCCCCCC)CC(=O)NC(CO)C(O)CCCCCCCCCCCCCC. The van der Waals surface area contributed by atoms with Gasteiger partial charge in [-0.3, -0.25) is 9.59 Å². The van der Waals surface area contributed by atoms with E-state index >= 15 is 0 Å². The molecule has 0 radical (unpaired) electrons. The third-order valence-corrected chi connectivity index (χ3v) is 11.8. The lowest BCUT2D eigenvalue weighted by atomic mass is 10.0. The summed E-state index contributed by atoms with van der Waals surface area (Å²) in [6.45, 7) is 6.48. The quantitative estimate of drug-likeness (QED) is 0.0323. The van der Waals surface area contributed by atoms with Gasteiger partial charge in [0.1, 0.15) is 6.10 Å². The van der Waals surface area contributed by atoms with Gasteiger partial charge >= 0.3 is 5.97 Å². The van der Waals surface area contributed by atoms with Crippen molar-refractivity contribution in [2.45, 2.75) is 296 Å². The van der Waals surface area contributed by atoms with Gasteiger partial charge in [0.15, 0.2) is 0 Å². The summed E-state index contributed by atoms with van der Waals surface area (Å²) in [5.74, 6) is -0.466. The summed E-state index contributed by atoms with van der Waals surface area (Å²) in [5, 5.41) is 23.7. The summed E-state index contributed by atoms with van der Waals surface area (Å²) >= 11 is 0. The first-order valence-electron chi connectivity index (χ1n) is 25.4. The Kier molecular flexibility index (Phi) is 44.6. The number of hydrogen-bond donors (Lipinski definition) is 3. The molecule has 0 rings (SSSR count). The number of amides is 1. The molecule has 0 heterocycles. The second kappa shape index (κ2) is 45.7. The molecule has 6 nitrogen and oxygen atoms in total. The van der Waals surface area contributed by atoms with Crippen molar-refractivity contribution >= 4 is 11.9 Å². The summed E-state index contributed by atoms with van der Waals surface area (Å²) in [4.78, 5) is 26.0. The first-order valence-corrected chi connectivity index (χ1v) is 25.4. The zero-order chi connectivity index (χ0) is 41.7. The van der Waals surface area contributed by atoms with Gasteiger partial charge in [0.2, 0.25) is 5.91 Å². The minimum absolute atomic E-state index is 0.0822. The van der Waals surface area contributed by atoms with Gasteiger partial charge in [-0.15, -0.1) is 0 Å². The molecule has 0 saturated heterocycles. The van der Waals surface area contributed by atoms with E-state index in [0.717, 1.165) is 44.9 Å². The normalized spacial score (nSPS) is 13.3. The second-order valence-electron chi connectivity index (χ2n) is 17.6. The van der Waals surface area contributed by atoms with E-state index in [1.165, 1.54) is 186 Å². The maximum atomic E-state index is 13.1. The smallest absolute Gasteiger partial charge is 0.306 e. The Morgan fingerprint density at radius 1 is 0.491 bits per heavy atom. The highest BCUT2D eigenvalue weighted by atomic mass is 16.5. The van der Waals surface area contributed by atoms with Crippen LogP contribution in [-0.2, 0) is 14.3 Å². The highest BCUT2D eigenvalue weighted by Crippen LogP contribution is 2.18. The average Bonchev–Trinajstić information content (AvgIpc) is 3.20. The van der Waals surface area contributed by atoms with Crippen LogP contribution >= 0.6 is 0 Å². The van der Waals surface area contributed by atoms with E-state index in [4.69, 9.17) is 4.74 Å². The Balaban J connectivity index is 4.43. The summed E-state index contributed by atoms with van der Waals surface area (Å²) in [5.41, 5.74) is 0. The molecule has 0 aromatic rings. The fraction of sp³-hybridized carbons (Fsp3) is 0.922. The molecule has 3 unspecified atom stereocenters. The molecule has 0 aromatic heterocycles. The van der Waals surface area contributed by atoms with Crippen molar-refractivity contribution in [3.05, 3.63) is 12.2 Å². The van der Waals surface area contributed by atoms with Gasteiger partial charge in [-0.2, -0.15) is 0 Å². The van der Waals surface area contributed by atoms with Crippen LogP contribution < -0.4 is 5.32 Å². The van der Waals surface area contributed by atoms with Gasteiger partial charge < -0.3 is 20.3 Å². The van der Waals surface area contributed by atoms with E-state index in [1.807, 2.05) is 0 Å². The zero-order valence-corrected chi connectivity index (χ0v) is 38.5. The average molecular weight is 806 g/mol. The van der Waals surface area contributed by atoms with Crippen LogP contribution in [0.25, 0.3) is 0 Å². The molecule has 0 aromatic carbocycles. The Hall–Kier alpha value is -1.40. The molecule has 0 fully saturated rings. The summed E-state index contributed by atoms with van der Waals surface area (Å²) in [7, 11) is 0. The molecule has 57 heavy (non-hydrogen) atoms. The lowest BCUT2D eigenvalue weighted by molar-refractivity contribution is -0.151. The maximum absolute atomic E-state index is 13.1. The third kappa shape index (κ3) is 41.1. The number of unbranched alkanes of at least 4 members (excludes halogenated alkanes) is 32. The molecule has 0 saturated carbocycles. The van der Waals surface area contributed by atoms with E-state index < -0.39 is 18.2 Å². The number of hydrogen-bond acceptors (Lipinski definition) is 5. The maximum Gasteiger partial charge on any atom is 0.306 e. The van der Waals surface area contributed by atoms with Gasteiger partial charge in [-0.1, -0.05) is 226 Å². The fourth-order valence-electron chi connectivity index (χ4n) is 7.96. The molecule has 0 aliphatic carbocycles. The van der Waals surface area contributed by atoms with Crippen molar-refractivity contribution < 1.29 is 24.5 Å². The summed E-state index contributed by atoms with van der Waals surface area (Å²) < 4.78 is 5.92. The van der Waals surface area contributed by atoms with Crippen LogP contribution in [0.5, 0.6) is 0 Å². The molecule has 0 aliphatic heterocycles. The van der Waals surface area contributed by atoms with Gasteiger partial charge in [0, 0.05) is 6.42 Å². The first kappa shape index (κ1) is 55.6. The number of aliphatic hydroxyl groups is 2. The molecule has 3 N–H and O–H groups in total. The van der Waals surface area contributed by atoms with Crippen LogP contribution in [0.4, 0.5) is 0 Å². The van der Waals surface area contributed by atoms with Crippen LogP contribution in [-0.4, -0.2) is 46.9 Å². The number of ether oxygens (including phenoxy) is 1. The first-order chi connectivity index (χ1) is 28.0. The van der Waals surface area contributed by atoms with Crippen molar-refractivity contribution in [3.8, 4) is 0 Å². The molecule has 1 amide bonds. The Morgan fingerprint density at radius 3 is 1.25 bits per heavy atom. The minimum atomic E-state index is -0.781. The molecule has 0 aliphatic rings. The Morgan fingerprint density at radius 2 is 0.842 bits per heavy atom. The monoisotopic (exact) mass is 806 g/mol. The van der Waals surface area contributed by atoms with E-state index in [1.54, 1.807) is 0 Å². The second-order valence-corrected chi connectivity index (χ2v) is 17.6. The van der Waals surface area contributed by atoms with E-state index in [0.29, 0.717) is 19.3 Å². The van der Waals surface area contributed by atoms with Gasteiger partial charge in [0.05, 0.1) is 25.2 Å². The summed E-state index contributed by atoms with van der Waals surface area (Å²) in [6.07, 6.45) is 49.9. The van der Waals surface area contributed by atoms with Crippen molar-refractivity contribution in [1.82, 2.24) is 5.32 Å².